The SMILES string of the molecule is CN(C)[C@@H](CNC(=O)N1CCO[C@@H](c2ccc(F)c(Cl)c2)C1)c1ccco1. The van der Waals surface area contributed by atoms with E-state index >= 15 is 0 Å². The number of halogens is 2. The zero-order valence-electron chi connectivity index (χ0n) is 15.3. The Hall–Kier alpha value is -2.09. The largest absolute Gasteiger partial charge is 0.468 e. The van der Waals surface area contributed by atoms with E-state index < -0.39 is 5.82 Å². The summed E-state index contributed by atoms with van der Waals surface area (Å²) in [4.78, 5) is 16.3. The first-order valence-corrected chi connectivity index (χ1v) is 9.12. The molecule has 0 unspecified atom stereocenters. The van der Waals surface area contributed by atoms with E-state index in [4.69, 9.17) is 20.8 Å². The van der Waals surface area contributed by atoms with Crippen LogP contribution < -0.4 is 5.32 Å². The molecule has 3 rings (SSSR count). The maximum absolute atomic E-state index is 13.4. The van der Waals surface area contributed by atoms with Crippen molar-refractivity contribution < 1.29 is 18.3 Å². The molecule has 1 saturated heterocycles. The number of amides is 2. The van der Waals surface area contributed by atoms with Gasteiger partial charge in [-0.05, 0) is 43.9 Å². The molecule has 6 nitrogen and oxygen atoms in total. The highest BCUT2D eigenvalue weighted by Gasteiger charge is 2.27. The molecule has 0 aliphatic carbocycles. The molecule has 0 spiro atoms. The molecule has 1 aromatic heterocycles. The van der Waals surface area contributed by atoms with Gasteiger partial charge in [-0.1, -0.05) is 17.7 Å². The molecule has 2 amide bonds. The van der Waals surface area contributed by atoms with E-state index in [1.807, 2.05) is 31.1 Å². The summed E-state index contributed by atoms with van der Waals surface area (Å²) < 4.78 is 24.6. The number of morpholine rings is 1. The van der Waals surface area contributed by atoms with Crippen LogP contribution in [0, 0.1) is 5.82 Å². The Morgan fingerprint density at radius 1 is 1.44 bits per heavy atom. The third-order valence-corrected chi connectivity index (χ3v) is 4.90. The molecule has 2 heterocycles. The normalized spacial score (nSPS) is 18.6. The van der Waals surface area contributed by atoms with Crippen molar-refractivity contribution in [2.24, 2.45) is 0 Å². The van der Waals surface area contributed by atoms with Gasteiger partial charge in [0, 0.05) is 13.1 Å². The summed E-state index contributed by atoms with van der Waals surface area (Å²) in [7, 11) is 3.87. The lowest BCUT2D eigenvalue weighted by molar-refractivity contribution is -0.0156. The Kier molecular flexibility index (Phi) is 6.36. The van der Waals surface area contributed by atoms with Crippen LogP contribution in [0.25, 0.3) is 0 Å². The quantitative estimate of drug-likeness (QED) is 0.842. The molecular formula is C19H23ClFN3O3. The molecule has 27 heavy (non-hydrogen) atoms. The van der Waals surface area contributed by atoms with Gasteiger partial charge in [-0.15, -0.1) is 0 Å². The first-order chi connectivity index (χ1) is 13.0. The van der Waals surface area contributed by atoms with E-state index in [9.17, 15) is 9.18 Å². The number of benzene rings is 1. The summed E-state index contributed by atoms with van der Waals surface area (Å²) in [6, 6.07) is 7.97. The lowest BCUT2D eigenvalue weighted by atomic mass is 10.1. The van der Waals surface area contributed by atoms with E-state index in [0.717, 1.165) is 11.3 Å². The molecule has 0 saturated carbocycles. The van der Waals surface area contributed by atoms with Crippen LogP contribution in [-0.2, 0) is 4.74 Å². The van der Waals surface area contributed by atoms with Crippen LogP contribution in [-0.4, -0.2) is 56.2 Å². The fourth-order valence-corrected chi connectivity index (χ4v) is 3.25. The number of carbonyl (C=O) groups is 1. The Morgan fingerprint density at radius 2 is 2.26 bits per heavy atom. The summed E-state index contributed by atoms with van der Waals surface area (Å²) in [5.41, 5.74) is 0.751. The third-order valence-electron chi connectivity index (χ3n) is 4.61. The zero-order chi connectivity index (χ0) is 19.4. The molecule has 1 N–H and O–H groups in total. The van der Waals surface area contributed by atoms with Gasteiger partial charge in [0.05, 0.1) is 30.5 Å². The van der Waals surface area contributed by atoms with Crippen molar-refractivity contribution in [1.29, 1.82) is 0 Å². The molecule has 2 aromatic rings. The second-order valence-corrected chi connectivity index (χ2v) is 7.07. The first kappa shape index (κ1) is 19.7. The molecular weight excluding hydrogens is 373 g/mol. The van der Waals surface area contributed by atoms with Crippen molar-refractivity contribution in [1.82, 2.24) is 15.1 Å². The first-order valence-electron chi connectivity index (χ1n) is 8.75. The average Bonchev–Trinajstić information content (AvgIpc) is 3.18. The number of nitrogens with zero attached hydrogens (tertiary/aromatic N) is 2. The minimum absolute atomic E-state index is 0.0462. The highest BCUT2D eigenvalue weighted by Crippen LogP contribution is 2.26. The third kappa shape index (κ3) is 4.80. The summed E-state index contributed by atoms with van der Waals surface area (Å²) in [5.74, 6) is 0.319. The van der Waals surface area contributed by atoms with Gasteiger partial charge in [-0.2, -0.15) is 0 Å². The van der Waals surface area contributed by atoms with Crippen LogP contribution in [0.5, 0.6) is 0 Å². The predicted octanol–water partition coefficient (Wildman–Crippen LogP) is 3.46. The summed E-state index contributed by atoms with van der Waals surface area (Å²) in [6.07, 6.45) is 1.28. The molecule has 146 valence electrons. The van der Waals surface area contributed by atoms with E-state index in [0.29, 0.717) is 26.2 Å². The van der Waals surface area contributed by atoms with Crippen molar-refractivity contribution >= 4 is 17.6 Å². The molecule has 2 atom stereocenters. The molecule has 8 heteroatoms. The van der Waals surface area contributed by atoms with Crippen LogP contribution >= 0.6 is 11.6 Å². The van der Waals surface area contributed by atoms with E-state index in [2.05, 4.69) is 5.32 Å². The van der Waals surface area contributed by atoms with Crippen molar-refractivity contribution in [3.05, 3.63) is 58.8 Å². The second kappa shape index (κ2) is 8.73. The zero-order valence-corrected chi connectivity index (χ0v) is 16.1. The molecule has 0 bridgehead atoms. The topological polar surface area (TPSA) is 58.0 Å². The van der Waals surface area contributed by atoms with Crippen LogP contribution in [0.1, 0.15) is 23.5 Å². The van der Waals surface area contributed by atoms with E-state index in [1.165, 1.54) is 6.07 Å². The van der Waals surface area contributed by atoms with Crippen LogP contribution in [0.3, 0.4) is 0 Å². The number of rotatable bonds is 5. The van der Waals surface area contributed by atoms with Gasteiger partial charge >= 0.3 is 6.03 Å². The summed E-state index contributed by atoms with van der Waals surface area (Å²) in [5, 5.41) is 3.00. The number of nitrogens with one attached hydrogen (secondary N) is 1. The number of furan rings is 1. The average molecular weight is 396 g/mol. The van der Waals surface area contributed by atoms with Crippen molar-refractivity contribution in [2.45, 2.75) is 12.1 Å². The van der Waals surface area contributed by atoms with Crippen LogP contribution in [0.15, 0.2) is 41.0 Å². The Balaban J connectivity index is 1.60. The molecule has 1 aromatic carbocycles. The molecule has 0 radical (unpaired) electrons. The molecule has 1 fully saturated rings. The number of carbonyl (C=O) groups excluding carboxylic acids is 1. The van der Waals surface area contributed by atoms with Gasteiger partial charge in [0.15, 0.2) is 0 Å². The second-order valence-electron chi connectivity index (χ2n) is 6.66. The fraction of sp³-hybridized carbons (Fsp3) is 0.421. The van der Waals surface area contributed by atoms with Crippen LogP contribution in [0.4, 0.5) is 9.18 Å². The lowest BCUT2D eigenvalue weighted by Crippen LogP contribution is -2.48. The minimum atomic E-state index is -0.474. The maximum atomic E-state index is 13.4. The number of hydrogen-bond donors (Lipinski definition) is 1. The predicted molar refractivity (Wildman–Crippen MR) is 100 cm³/mol. The van der Waals surface area contributed by atoms with E-state index in [1.54, 1.807) is 23.3 Å². The maximum Gasteiger partial charge on any atom is 0.317 e. The number of ether oxygens (including phenoxy) is 1. The molecule has 1 aliphatic heterocycles. The fourth-order valence-electron chi connectivity index (χ4n) is 3.06. The summed E-state index contributed by atoms with van der Waals surface area (Å²) >= 11 is 5.86. The van der Waals surface area contributed by atoms with Crippen molar-refractivity contribution in [3.8, 4) is 0 Å². The van der Waals surface area contributed by atoms with Crippen LogP contribution in [0.2, 0.25) is 5.02 Å². The Bertz CT molecular complexity index is 770. The number of urea groups is 1. The minimum Gasteiger partial charge on any atom is -0.468 e. The Labute approximate surface area is 162 Å². The van der Waals surface area contributed by atoms with Gasteiger partial charge in [0.1, 0.15) is 17.7 Å². The highest BCUT2D eigenvalue weighted by atomic mass is 35.5. The smallest absolute Gasteiger partial charge is 0.317 e. The van der Waals surface area contributed by atoms with Gasteiger partial charge in [0.25, 0.3) is 0 Å². The summed E-state index contributed by atoms with van der Waals surface area (Å²) in [6.45, 7) is 1.69. The van der Waals surface area contributed by atoms with Gasteiger partial charge < -0.3 is 19.4 Å². The van der Waals surface area contributed by atoms with Gasteiger partial charge in [0.2, 0.25) is 0 Å². The van der Waals surface area contributed by atoms with Crippen molar-refractivity contribution in [2.75, 3.05) is 40.3 Å². The van der Waals surface area contributed by atoms with Crippen molar-refractivity contribution in [3.63, 3.8) is 0 Å². The monoisotopic (exact) mass is 395 g/mol. The number of hydrogen-bond acceptors (Lipinski definition) is 4. The molecule has 1 aliphatic rings. The highest BCUT2D eigenvalue weighted by molar-refractivity contribution is 6.30. The van der Waals surface area contributed by atoms with E-state index in [-0.39, 0.29) is 23.2 Å². The lowest BCUT2D eigenvalue weighted by Gasteiger charge is -2.34. The van der Waals surface area contributed by atoms with Gasteiger partial charge in [-0.25, -0.2) is 9.18 Å². The Morgan fingerprint density at radius 3 is 2.93 bits per heavy atom. The number of likely N-dealkylation sites (N-methyl/N-ethyl adjacent to an activating group) is 1. The van der Waals surface area contributed by atoms with Gasteiger partial charge in [-0.3, -0.25) is 4.90 Å². The standard InChI is InChI=1S/C19H23ClFN3O3/c1-23(2)16(17-4-3-8-26-17)11-22-19(25)24-7-9-27-18(12-24)13-5-6-15(21)14(20)10-13/h3-6,8,10,16,18H,7,9,11-12H2,1-2H3,(H,22,25)/t16-,18+/m0/s1.